The number of aromatic nitrogens is 7. The van der Waals surface area contributed by atoms with E-state index >= 15 is 0 Å². The highest BCUT2D eigenvalue weighted by molar-refractivity contribution is 7.17. The fourth-order valence-corrected chi connectivity index (χ4v) is 7.42. The number of carbonyl (C=O) groups is 2. The summed E-state index contributed by atoms with van der Waals surface area (Å²) in [6, 6.07) is 0.759. The lowest BCUT2D eigenvalue weighted by atomic mass is 10.1. The van der Waals surface area contributed by atoms with Gasteiger partial charge in [0.1, 0.15) is 24.1 Å². The van der Waals surface area contributed by atoms with Crippen molar-refractivity contribution in [1.29, 1.82) is 0 Å². The lowest BCUT2D eigenvalue weighted by Gasteiger charge is -2.36. The number of ether oxygens (including phenoxy) is 1. The van der Waals surface area contributed by atoms with Gasteiger partial charge in [-0.2, -0.15) is 22.7 Å². The van der Waals surface area contributed by atoms with Crippen molar-refractivity contribution in [1.82, 2.24) is 39.0 Å². The first kappa shape index (κ1) is 35.3. The maximum absolute atomic E-state index is 14.2. The van der Waals surface area contributed by atoms with E-state index in [0.29, 0.717) is 31.2 Å². The third-order valence-electron chi connectivity index (χ3n) is 8.93. The van der Waals surface area contributed by atoms with Gasteiger partial charge in [0.2, 0.25) is 11.7 Å². The van der Waals surface area contributed by atoms with Crippen LogP contribution in [-0.4, -0.2) is 95.3 Å². The average Bonchev–Trinajstić information content (AvgIpc) is 3.80. The second-order valence-corrected chi connectivity index (χ2v) is 13.3. The lowest BCUT2D eigenvalue weighted by molar-refractivity contribution is -0.136. The molecule has 0 saturated carbocycles. The molecule has 0 radical (unpaired) electrons. The van der Waals surface area contributed by atoms with Crippen LogP contribution in [-0.2, 0) is 28.7 Å². The molecule has 52 heavy (non-hydrogen) atoms. The van der Waals surface area contributed by atoms with E-state index in [0.717, 1.165) is 27.5 Å². The number of carbonyl (C=O) groups excluding carboxylic acids is 2. The number of aryl methyl sites for hydroxylation is 1. The van der Waals surface area contributed by atoms with E-state index in [9.17, 15) is 32.7 Å². The Morgan fingerprint density at radius 1 is 1.15 bits per heavy atom. The van der Waals surface area contributed by atoms with E-state index in [1.807, 2.05) is 17.9 Å². The van der Waals surface area contributed by atoms with Gasteiger partial charge in [0.05, 0.1) is 51.1 Å². The molecule has 4 aromatic heterocycles. The van der Waals surface area contributed by atoms with Crippen molar-refractivity contribution >= 4 is 67.7 Å². The Morgan fingerprint density at radius 2 is 1.92 bits per heavy atom. The van der Waals surface area contributed by atoms with E-state index in [4.69, 9.17) is 16.3 Å². The average molecular weight is 759 g/mol. The zero-order valence-corrected chi connectivity index (χ0v) is 29.3. The molecule has 2 amide bonds. The Kier molecular flexibility index (Phi) is 9.34. The predicted octanol–water partition coefficient (Wildman–Crippen LogP) is 3.94. The Bertz CT molecular complexity index is 2330. The third kappa shape index (κ3) is 6.32. The van der Waals surface area contributed by atoms with Crippen LogP contribution in [0, 0.1) is 6.92 Å². The van der Waals surface area contributed by atoms with Crippen molar-refractivity contribution in [2.24, 2.45) is 0 Å². The summed E-state index contributed by atoms with van der Waals surface area (Å²) in [5.41, 5.74) is 1.24. The van der Waals surface area contributed by atoms with Gasteiger partial charge in [-0.1, -0.05) is 24.6 Å². The summed E-state index contributed by atoms with van der Waals surface area (Å²) in [7, 11) is 0. The Morgan fingerprint density at radius 3 is 2.62 bits per heavy atom. The van der Waals surface area contributed by atoms with E-state index in [1.54, 1.807) is 11.5 Å². The van der Waals surface area contributed by atoms with Crippen molar-refractivity contribution in [3.8, 4) is 5.75 Å². The Labute approximate surface area is 301 Å². The minimum atomic E-state index is -4.69. The van der Waals surface area contributed by atoms with Crippen LogP contribution in [0.5, 0.6) is 5.75 Å². The Hall–Kier alpha value is -5.14. The van der Waals surface area contributed by atoms with Gasteiger partial charge in [0.15, 0.2) is 17.3 Å². The first-order valence-corrected chi connectivity index (χ1v) is 17.4. The molecule has 6 heterocycles. The number of nitrogens with zero attached hydrogens (tertiary/aromatic N) is 9. The molecular formula is C32H30ClF3N10O5S. The number of fused-ring (bicyclic) bond motifs is 2. The molecule has 15 nitrogen and oxygen atoms in total. The van der Waals surface area contributed by atoms with Crippen LogP contribution < -0.4 is 15.8 Å². The largest absolute Gasteiger partial charge is 0.504 e. The number of aromatic hydroxyl groups is 1. The second kappa shape index (κ2) is 13.8. The number of piperazine rings is 1. The number of alkyl halides is 3. The van der Waals surface area contributed by atoms with Gasteiger partial charge in [-0.15, -0.1) is 16.4 Å². The standard InChI is InChI=1S/C32H30ClF3N10O5S/c1-3-20-25(43-6-8-44(9-7-43)29(49)24-26(48)16(2)37-14-38-24)30(50)46-31(41-28(42-46)17-4-10-51-11-5-17)45(20)13-21(47)40-22-19(33)12-18(32(34,35)36)27-23(22)39-15-52-27/h4,12,14-15,48H,3,5-11,13H2,1-2H3,(H,40,47). The maximum Gasteiger partial charge on any atom is 0.417 e. The molecule has 0 atom stereocenters. The topological polar surface area (TPSA) is 173 Å². The van der Waals surface area contributed by atoms with Gasteiger partial charge < -0.3 is 29.5 Å². The van der Waals surface area contributed by atoms with E-state index in [2.05, 4.69) is 30.4 Å². The molecule has 1 saturated heterocycles. The number of amides is 2. The highest BCUT2D eigenvalue weighted by Gasteiger charge is 2.36. The fraction of sp³-hybridized carbons (Fsp3) is 0.375. The van der Waals surface area contributed by atoms with Gasteiger partial charge >= 0.3 is 6.18 Å². The minimum absolute atomic E-state index is 0.0773. The molecule has 0 unspecified atom stereocenters. The number of halogens is 4. The van der Waals surface area contributed by atoms with Crippen molar-refractivity contribution in [3.63, 3.8) is 0 Å². The lowest BCUT2D eigenvalue weighted by Crippen LogP contribution is -2.51. The van der Waals surface area contributed by atoms with Crippen LogP contribution in [0.25, 0.3) is 21.6 Å². The molecule has 272 valence electrons. The molecule has 2 aliphatic rings. The van der Waals surface area contributed by atoms with Gasteiger partial charge in [-0.05, 0) is 31.4 Å². The summed E-state index contributed by atoms with van der Waals surface area (Å²) in [5.74, 6) is -1.07. The summed E-state index contributed by atoms with van der Waals surface area (Å²) in [6.45, 7) is 4.58. The molecule has 5 aromatic rings. The summed E-state index contributed by atoms with van der Waals surface area (Å²) in [5, 5.41) is 17.2. The smallest absolute Gasteiger partial charge is 0.417 e. The first-order valence-electron chi connectivity index (χ1n) is 16.1. The number of rotatable bonds is 7. The van der Waals surface area contributed by atoms with Crippen molar-refractivity contribution in [2.75, 3.05) is 49.6 Å². The summed E-state index contributed by atoms with van der Waals surface area (Å²) in [4.78, 5) is 61.2. The summed E-state index contributed by atoms with van der Waals surface area (Å²) >= 11 is 7.08. The number of nitrogens with one attached hydrogen (secondary N) is 1. The van der Waals surface area contributed by atoms with Crippen LogP contribution >= 0.6 is 22.9 Å². The highest BCUT2D eigenvalue weighted by atomic mass is 35.5. The van der Waals surface area contributed by atoms with E-state index < -0.39 is 35.7 Å². The maximum atomic E-state index is 14.2. The normalized spacial score (nSPS) is 15.4. The molecular weight excluding hydrogens is 729 g/mol. The molecule has 2 N–H and O–H groups in total. The Balaban J connectivity index is 1.25. The third-order valence-corrected chi connectivity index (χ3v) is 10.1. The summed E-state index contributed by atoms with van der Waals surface area (Å²) in [6.07, 6.45) is -0.885. The second-order valence-electron chi connectivity index (χ2n) is 12.0. The monoisotopic (exact) mass is 758 g/mol. The quantitative estimate of drug-likeness (QED) is 0.246. The van der Waals surface area contributed by atoms with E-state index in [-0.39, 0.29) is 82.1 Å². The highest BCUT2D eigenvalue weighted by Crippen LogP contribution is 2.42. The first-order chi connectivity index (χ1) is 24.9. The number of anilines is 2. The van der Waals surface area contributed by atoms with Crippen LogP contribution in [0.4, 0.5) is 24.5 Å². The molecule has 2 aliphatic heterocycles. The van der Waals surface area contributed by atoms with Crippen molar-refractivity contribution < 1.29 is 32.6 Å². The minimum Gasteiger partial charge on any atom is -0.504 e. The SMILES string of the molecule is CCc1c(N2CCN(C(=O)c3ncnc(C)c3O)CC2)c(=O)n2nc(C3=CCOCC3)nc2n1CC(=O)Nc1c(Cl)cc(C(F)(F)F)c2scnc12. The fourth-order valence-electron chi connectivity index (χ4n) is 6.35. The zero-order chi connectivity index (χ0) is 36.9. The van der Waals surface area contributed by atoms with Gasteiger partial charge in [-0.25, -0.2) is 15.0 Å². The number of thiazole rings is 1. The van der Waals surface area contributed by atoms with Crippen LogP contribution in [0.2, 0.25) is 5.02 Å². The molecule has 1 aromatic carbocycles. The molecule has 7 rings (SSSR count). The van der Waals surface area contributed by atoms with E-state index in [1.165, 1.54) is 16.7 Å². The number of hydrogen-bond acceptors (Lipinski definition) is 12. The molecule has 1 fully saturated rings. The predicted molar refractivity (Wildman–Crippen MR) is 185 cm³/mol. The van der Waals surface area contributed by atoms with Gasteiger partial charge in [-0.3, -0.25) is 14.4 Å². The van der Waals surface area contributed by atoms with Crippen LogP contribution in [0.3, 0.4) is 0 Å². The number of benzene rings is 1. The molecule has 20 heteroatoms. The molecule has 0 spiro atoms. The van der Waals surface area contributed by atoms with Gasteiger partial charge in [0, 0.05) is 26.2 Å². The van der Waals surface area contributed by atoms with Crippen LogP contribution in [0.15, 0.2) is 28.8 Å². The molecule has 0 bridgehead atoms. The van der Waals surface area contributed by atoms with Crippen LogP contribution in [0.1, 0.15) is 46.6 Å². The number of hydrogen-bond donors (Lipinski definition) is 2. The zero-order valence-electron chi connectivity index (χ0n) is 27.7. The summed E-state index contributed by atoms with van der Waals surface area (Å²) < 4.78 is 49.2. The van der Waals surface area contributed by atoms with Gasteiger partial charge in [0.25, 0.3) is 11.5 Å². The molecule has 0 aliphatic carbocycles. The van der Waals surface area contributed by atoms with Crippen molar-refractivity contribution in [2.45, 2.75) is 39.4 Å². The van der Waals surface area contributed by atoms with Crippen molar-refractivity contribution in [3.05, 3.63) is 67.8 Å².